The number of aliphatic imine (C=N–C) groups is 1. The molecule has 1 aliphatic carbocycles. The van der Waals surface area contributed by atoms with Crippen LogP contribution in [0.15, 0.2) is 70.6 Å². The lowest BCUT2D eigenvalue weighted by molar-refractivity contribution is -0.124. The molecule has 1 aliphatic heterocycles. The van der Waals surface area contributed by atoms with E-state index in [-0.39, 0.29) is 17.6 Å². The highest BCUT2D eigenvalue weighted by Gasteiger charge is 2.39. The molecular formula is C29H29FN2O2S. The Bertz CT molecular complexity index is 1300. The summed E-state index contributed by atoms with van der Waals surface area (Å²) in [6.45, 7) is 2.67. The van der Waals surface area contributed by atoms with Crippen molar-refractivity contribution < 1.29 is 13.9 Å². The van der Waals surface area contributed by atoms with E-state index in [0.29, 0.717) is 16.7 Å². The van der Waals surface area contributed by atoms with Crippen molar-refractivity contribution in [1.29, 1.82) is 0 Å². The molecule has 3 aromatic rings. The lowest BCUT2D eigenvalue weighted by atomic mass is 9.94. The number of halogens is 1. The molecule has 180 valence electrons. The smallest absolute Gasteiger partial charge is 0.267 e. The van der Waals surface area contributed by atoms with Crippen molar-refractivity contribution in [1.82, 2.24) is 4.90 Å². The Kier molecular flexibility index (Phi) is 7.19. The Labute approximate surface area is 209 Å². The van der Waals surface area contributed by atoms with Crippen molar-refractivity contribution >= 4 is 45.4 Å². The van der Waals surface area contributed by atoms with E-state index in [4.69, 9.17) is 4.74 Å². The molecule has 0 atom stereocenters. The van der Waals surface area contributed by atoms with Crippen molar-refractivity contribution in [2.45, 2.75) is 51.5 Å². The first-order chi connectivity index (χ1) is 17.2. The fourth-order valence-electron chi connectivity index (χ4n) is 4.76. The number of nitrogens with zero attached hydrogens (tertiary/aromatic N) is 2. The van der Waals surface area contributed by atoms with E-state index in [1.807, 2.05) is 30.3 Å². The minimum Gasteiger partial charge on any atom is -0.493 e. The van der Waals surface area contributed by atoms with Gasteiger partial charge in [-0.25, -0.2) is 9.38 Å². The molecule has 1 saturated heterocycles. The van der Waals surface area contributed by atoms with Gasteiger partial charge in [0.15, 0.2) is 5.17 Å². The van der Waals surface area contributed by atoms with Crippen LogP contribution < -0.4 is 4.74 Å². The molecule has 0 N–H and O–H groups in total. The number of carbonyl (C=O) groups is 1. The van der Waals surface area contributed by atoms with Crippen LogP contribution in [0, 0.1) is 5.82 Å². The number of amidine groups is 1. The lowest BCUT2D eigenvalue weighted by Crippen LogP contribution is -2.40. The van der Waals surface area contributed by atoms with Gasteiger partial charge in [-0.2, -0.15) is 0 Å². The summed E-state index contributed by atoms with van der Waals surface area (Å²) in [5, 5.41) is 2.67. The Morgan fingerprint density at radius 1 is 1.06 bits per heavy atom. The van der Waals surface area contributed by atoms with Crippen molar-refractivity contribution in [2.24, 2.45) is 4.99 Å². The van der Waals surface area contributed by atoms with Crippen molar-refractivity contribution in [3.63, 3.8) is 0 Å². The van der Waals surface area contributed by atoms with Gasteiger partial charge in [0.25, 0.3) is 5.91 Å². The Balaban J connectivity index is 1.60. The molecular weight excluding hydrogens is 459 g/mol. The van der Waals surface area contributed by atoms with Gasteiger partial charge in [0.2, 0.25) is 0 Å². The number of hydrogen-bond donors (Lipinski definition) is 0. The van der Waals surface area contributed by atoms with Crippen LogP contribution in [0.25, 0.3) is 16.8 Å². The Hall–Kier alpha value is -3.12. The number of fused-ring (bicyclic) bond motifs is 1. The molecule has 5 rings (SSSR count). The second-order valence-corrected chi connectivity index (χ2v) is 9.98. The summed E-state index contributed by atoms with van der Waals surface area (Å²) in [5.74, 6) is 0.305. The van der Waals surface area contributed by atoms with Crippen molar-refractivity contribution in [2.75, 3.05) is 6.61 Å². The zero-order chi connectivity index (χ0) is 24.2. The summed E-state index contributed by atoms with van der Waals surface area (Å²) in [5.41, 5.74) is 1.14. The van der Waals surface area contributed by atoms with Gasteiger partial charge < -0.3 is 4.74 Å². The average Bonchev–Trinajstić information content (AvgIpc) is 3.19. The maximum absolute atomic E-state index is 14.4. The molecule has 3 aromatic carbocycles. The van der Waals surface area contributed by atoms with E-state index in [1.165, 1.54) is 24.2 Å². The number of ether oxygens (including phenoxy) is 1. The summed E-state index contributed by atoms with van der Waals surface area (Å²) >= 11 is 1.33. The van der Waals surface area contributed by atoms with Crippen molar-refractivity contribution in [3.05, 3.63) is 76.9 Å². The first-order valence-corrected chi connectivity index (χ1v) is 13.2. The van der Waals surface area contributed by atoms with Crippen LogP contribution in [0.4, 0.5) is 10.1 Å². The second-order valence-electron chi connectivity index (χ2n) is 8.97. The molecule has 0 radical (unpaired) electrons. The monoisotopic (exact) mass is 488 g/mol. The third-order valence-electron chi connectivity index (χ3n) is 6.51. The molecule has 0 aromatic heterocycles. The van der Waals surface area contributed by atoms with Gasteiger partial charge in [-0.05, 0) is 66.1 Å². The summed E-state index contributed by atoms with van der Waals surface area (Å²) in [7, 11) is 0. The van der Waals surface area contributed by atoms with Crippen LogP contribution in [-0.4, -0.2) is 28.6 Å². The Morgan fingerprint density at radius 2 is 1.83 bits per heavy atom. The van der Waals surface area contributed by atoms with Crippen LogP contribution in [0.3, 0.4) is 0 Å². The standard InChI is InChI=1S/C29H29FN2O2S/c1-2-18-34-26-17-16-20-10-6-7-13-22(20)23(26)19-27-28(33)32(21-11-4-3-5-12-21)29(35-27)31-25-15-9-8-14-24(25)30/h6-10,13-17,19,21H,2-5,11-12,18H2,1H3/b27-19-,31-29?. The highest BCUT2D eigenvalue weighted by atomic mass is 32.2. The van der Waals surface area contributed by atoms with Crippen LogP contribution in [0.5, 0.6) is 5.75 Å². The number of amides is 1. The summed E-state index contributed by atoms with van der Waals surface area (Å²) in [6, 6.07) is 18.7. The van der Waals surface area contributed by atoms with Gasteiger partial charge in [-0.15, -0.1) is 0 Å². The van der Waals surface area contributed by atoms with E-state index in [9.17, 15) is 9.18 Å². The molecule has 0 unspecified atom stereocenters. The van der Waals surface area contributed by atoms with Crippen LogP contribution >= 0.6 is 11.8 Å². The number of thioether (sulfide) groups is 1. The molecule has 35 heavy (non-hydrogen) atoms. The van der Waals surface area contributed by atoms with E-state index < -0.39 is 5.82 Å². The van der Waals surface area contributed by atoms with Gasteiger partial charge in [0, 0.05) is 11.6 Å². The molecule has 1 heterocycles. The maximum Gasteiger partial charge on any atom is 0.267 e. The minimum absolute atomic E-state index is 0.0636. The van der Waals surface area contributed by atoms with Gasteiger partial charge in [-0.1, -0.05) is 68.7 Å². The van der Waals surface area contributed by atoms with E-state index in [2.05, 4.69) is 24.0 Å². The number of hydrogen-bond acceptors (Lipinski definition) is 4. The van der Waals surface area contributed by atoms with Gasteiger partial charge in [0.1, 0.15) is 17.3 Å². The van der Waals surface area contributed by atoms with E-state index in [0.717, 1.165) is 54.2 Å². The molecule has 0 spiro atoms. The minimum atomic E-state index is -0.390. The quantitative estimate of drug-likeness (QED) is 0.334. The zero-order valence-electron chi connectivity index (χ0n) is 19.9. The predicted octanol–water partition coefficient (Wildman–Crippen LogP) is 7.70. The maximum atomic E-state index is 14.4. The highest BCUT2D eigenvalue weighted by molar-refractivity contribution is 8.18. The van der Waals surface area contributed by atoms with Crippen LogP contribution in [0.2, 0.25) is 0 Å². The van der Waals surface area contributed by atoms with Gasteiger partial charge in [0.05, 0.1) is 11.5 Å². The largest absolute Gasteiger partial charge is 0.493 e. The fraction of sp³-hybridized carbons (Fsp3) is 0.310. The predicted molar refractivity (Wildman–Crippen MR) is 143 cm³/mol. The van der Waals surface area contributed by atoms with Crippen molar-refractivity contribution in [3.8, 4) is 5.75 Å². The van der Waals surface area contributed by atoms with Crippen LogP contribution in [0.1, 0.15) is 51.0 Å². The average molecular weight is 489 g/mol. The third kappa shape index (κ3) is 4.98. The number of para-hydroxylation sites is 1. The summed E-state index contributed by atoms with van der Waals surface area (Å²) in [6.07, 6.45) is 8.06. The molecule has 0 bridgehead atoms. The first kappa shape index (κ1) is 23.6. The molecule has 6 heteroatoms. The molecule has 4 nitrogen and oxygen atoms in total. The molecule has 1 saturated carbocycles. The molecule has 2 fully saturated rings. The van der Waals surface area contributed by atoms with Gasteiger partial charge >= 0.3 is 0 Å². The second kappa shape index (κ2) is 10.6. The number of benzene rings is 3. The Morgan fingerprint density at radius 3 is 2.63 bits per heavy atom. The van der Waals surface area contributed by atoms with Gasteiger partial charge in [-0.3, -0.25) is 9.69 Å². The summed E-state index contributed by atoms with van der Waals surface area (Å²) < 4.78 is 20.5. The SMILES string of the molecule is CCCOc1ccc2ccccc2c1/C=C1\SC(=Nc2ccccc2F)N(C2CCCCC2)C1=O. The third-order valence-corrected chi connectivity index (χ3v) is 7.50. The zero-order valence-corrected chi connectivity index (χ0v) is 20.7. The number of rotatable bonds is 6. The first-order valence-electron chi connectivity index (χ1n) is 12.4. The van der Waals surface area contributed by atoms with E-state index in [1.54, 1.807) is 23.1 Å². The van der Waals surface area contributed by atoms with E-state index >= 15 is 0 Å². The normalized spacial score (nSPS) is 19.3. The topological polar surface area (TPSA) is 41.9 Å². The molecule has 1 amide bonds. The van der Waals surface area contributed by atoms with Crippen LogP contribution in [-0.2, 0) is 4.79 Å². The molecule has 2 aliphatic rings. The summed E-state index contributed by atoms with van der Waals surface area (Å²) in [4.78, 5) is 20.8. The lowest BCUT2D eigenvalue weighted by Gasteiger charge is -2.30. The number of carbonyl (C=O) groups excluding carboxylic acids is 1. The highest BCUT2D eigenvalue weighted by Crippen LogP contribution is 2.41. The fourth-order valence-corrected chi connectivity index (χ4v) is 5.80.